The second-order valence-corrected chi connectivity index (χ2v) is 5.02. The summed E-state index contributed by atoms with van der Waals surface area (Å²) in [5, 5.41) is 23.1. The average Bonchev–Trinajstić information content (AvgIpc) is 2.53. The van der Waals surface area contributed by atoms with E-state index in [0.29, 0.717) is 23.3 Å². The first-order chi connectivity index (χ1) is 10.2. The summed E-state index contributed by atoms with van der Waals surface area (Å²) in [4.78, 5) is 2.27. The van der Waals surface area contributed by atoms with Crippen LogP contribution in [0.2, 0.25) is 0 Å². The number of hydrogen-bond donors (Lipinski definition) is 2. The van der Waals surface area contributed by atoms with Gasteiger partial charge in [-0.05, 0) is 18.6 Å². The maximum Gasteiger partial charge on any atom is 0.163 e. The first kappa shape index (κ1) is 15.4. The predicted molar refractivity (Wildman–Crippen MR) is 81.4 cm³/mol. The van der Waals surface area contributed by atoms with E-state index in [0.717, 1.165) is 26.2 Å². The molecule has 2 N–H and O–H groups in total. The second kappa shape index (κ2) is 7.11. The Morgan fingerprint density at radius 3 is 2.81 bits per heavy atom. The Morgan fingerprint density at radius 2 is 2.24 bits per heavy atom. The summed E-state index contributed by atoms with van der Waals surface area (Å²) in [5.41, 5.74) is 1.12. The number of ether oxygens (including phenoxy) is 1. The SMILES string of the molecule is C=CC[C@@H](c1c(C#N)ccc(OC)c1O)N1CCNCC1. The standard InChI is InChI=1S/C16H21N3O2/c1-3-4-13(19-9-7-18-8-10-19)15-12(11-17)5-6-14(21-2)16(15)20/h3,5-6,13,18,20H,1,4,7-10H2,2H3/t13-/m0/s1. The Kier molecular flexibility index (Phi) is 5.20. The lowest BCUT2D eigenvalue weighted by molar-refractivity contribution is 0.171. The minimum absolute atomic E-state index is 0.0573. The van der Waals surface area contributed by atoms with E-state index < -0.39 is 0 Å². The van der Waals surface area contributed by atoms with Crippen molar-refractivity contribution in [1.82, 2.24) is 10.2 Å². The number of aromatic hydroxyl groups is 1. The van der Waals surface area contributed by atoms with Crippen molar-refractivity contribution < 1.29 is 9.84 Å². The van der Waals surface area contributed by atoms with Crippen LogP contribution in [0.5, 0.6) is 11.5 Å². The number of piperazine rings is 1. The zero-order chi connectivity index (χ0) is 15.2. The van der Waals surface area contributed by atoms with E-state index in [9.17, 15) is 10.4 Å². The van der Waals surface area contributed by atoms with Gasteiger partial charge in [0.25, 0.3) is 0 Å². The molecule has 1 aromatic rings. The van der Waals surface area contributed by atoms with E-state index in [1.54, 1.807) is 12.1 Å². The highest BCUT2D eigenvalue weighted by atomic mass is 16.5. The van der Waals surface area contributed by atoms with Gasteiger partial charge in [-0.25, -0.2) is 0 Å². The fourth-order valence-electron chi connectivity index (χ4n) is 2.79. The molecule has 1 aliphatic heterocycles. The van der Waals surface area contributed by atoms with Gasteiger partial charge in [0.15, 0.2) is 11.5 Å². The zero-order valence-corrected chi connectivity index (χ0v) is 12.3. The summed E-state index contributed by atoms with van der Waals surface area (Å²) in [6.07, 6.45) is 2.50. The molecule has 1 aromatic carbocycles. The molecule has 2 rings (SSSR count). The molecule has 0 bridgehead atoms. The van der Waals surface area contributed by atoms with Gasteiger partial charge in [0.05, 0.1) is 18.7 Å². The van der Waals surface area contributed by atoms with Crippen LogP contribution in [-0.2, 0) is 0 Å². The number of phenols is 1. The molecule has 0 aromatic heterocycles. The molecule has 1 saturated heterocycles. The molecule has 0 aliphatic carbocycles. The minimum atomic E-state index is -0.0608. The Balaban J connectivity index is 2.47. The van der Waals surface area contributed by atoms with E-state index >= 15 is 0 Å². The highest BCUT2D eigenvalue weighted by Crippen LogP contribution is 2.40. The van der Waals surface area contributed by atoms with Crippen LogP contribution in [0.4, 0.5) is 0 Å². The molecule has 0 amide bonds. The molecule has 5 nitrogen and oxygen atoms in total. The average molecular weight is 287 g/mol. The molecule has 0 spiro atoms. The third-order valence-electron chi connectivity index (χ3n) is 3.84. The fourth-order valence-corrected chi connectivity index (χ4v) is 2.79. The van der Waals surface area contributed by atoms with Crippen LogP contribution in [0.3, 0.4) is 0 Å². The van der Waals surface area contributed by atoms with Gasteiger partial charge < -0.3 is 15.2 Å². The molecule has 1 aliphatic rings. The van der Waals surface area contributed by atoms with Crippen LogP contribution in [0, 0.1) is 11.3 Å². The van der Waals surface area contributed by atoms with E-state index in [1.165, 1.54) is 7.11 Å². The number of methoxy groups -OCH3 is 1. The predicted octanol–water partition coefficient (Wildman–Crippen LogP) is 1.79. The van der Waals surface area contributed by atoms with Crippen molar-refractivity contribution in [2.45, 2.75) is 12.5 Å². The smallest absolute Gasteiger partial charge is 0.163 e. The maximum absolute atomic E-state index is 10.5. The molecular formula is C16H21N3O2. The summed E-state index contributed by atoms with van der Waals surface area (Å²) in [5.74, 6) is 0.454. The first-order valence-electron chi connectivity index (χ1n) is 7.08. The molecule has 21 heavy (non-hydrogen) atoms. The lowest BCUT2D eigenvalue weighted by Gasteiger charge is -2.35. The molecule has 1 atom stereocenters. The van der Waals surface area contributed by atoms with Crippen LogP contribution in [0.1, 0.15) is 23.6 Å². The quantitative estimate of drug-likeness (QED) is 0.808. The molecule has 5 heteroatoms. The number of nitrogens with one attached hydrogen (secondary N) is 1. The topological polar surface area (TPSA) is 68.5 Å². The summed E-state index contributed by atoms with van der Waals surface area (Å²) in [6, 6.07) is 5.44. The van der Waals surface area contributed by atoms with Crippen molar-refractivity contribution in [3.8, 4) is 17.6 Å². The lowest BCUT2D eigenvalue weighted by atomic mass is 9.95. The third kappa shape index (κ3) is 3.18. The Bertz CT molecular complexity index is 545. The number of nitrogens with zero attached hydrogens (tertiary/aromatic N) is 2. The van der Waals surface area contributed by atoms with Gasteiger partial charge in [0.2, 0.25) is 0 Å². The van der Waals surface area contributed by atoms with Crippen LogP contribution < -0.4 is 10.1 Å². The number of rotatable bonds is 5. The van der Waals surface area contributed by atoms with Crippen molar-refractivity contribution in [2.75, 3.05) is 33.3 Å². The zero-order valence-electron chi connectivity index (χ0n) is 12.3. The molecule has 1 heterocycles. The summed E-state index contributed by atoms with van der Waals surface area (Å²) < 4.78 is 5.18. The summed E-state index contributed by atoms with van der Waals surface area (Å²) in [6.45, 7) is 7.37. The van der Waals surface area contributed by atoms with Crippen LogP contribution >= 0.6 is 0 Å². The normalized spacial score (nSPS) is 17.0. The van der Waals surface area contributed by atoms with Gasteiger partial charge in [-0.3, -0.25) is 4.90 Å². The largest absolute Gasteiger partial charge is 0.504 e. The van der Waals surface area contributed by atoms with Crippen molar-refractivity contribution in [3.63, 3.8) is 0 Å². The molecular weight excluding hydrogens is 266 g/mol. The van der Waals surface area contributed by atoms with Gasteiger partial charge in [-0.15, -0.1) is 6.58 Å². The molecule has 0 radical (unpaired) electrons. The number of benzene rings is 1. The Hall–Kier alpha value is -2.03. The van der Waals surface area contributed by atoms with Gasteiger partial charge >= 0.3 is 0 Å². The van der Waals surface area contributed by atoms with Crippen LogP contribution in [-0.4, -0.2) is 43.3 Å². The van der Waals surface area contributed by atoms with Gasteiger partial charge in [-0.1, -0.05) is 6.08 Å². The monoisotopic (exact) mass is 287 g/mol. The van der Waals surface area contributed by atoms with Gasteiger partial charge in [0.1, 0.15) is 0 Å². The number of phenolic OH excluding ortho intramolecular Hbond substituents is 1. The Morgan fingerprint density at radius 1 is 1.52 bits per heavy atom. The van der Waals surface area contributed by atoms with E-state index in [4.69, 9.17) is 4.74 Å². The van der Waals surface area contributed by atoms with Crippen LogP contribution in [0.15, 0.2) is 24.8 Å². The van der Waals surface area contributed by atoms with Gasteiger partial charge in [-0.2, -0.15) is 5.26 Å². The number of hydrogen-bond acceptors (Lipinski definition) is 5. The summed E-state index contributed by atoms with van der Waals surface area (Å²) >= 11 is 0. The lowest BCUT2D eigenvalue weighted by Crippen LogP contribution is -2.45. The van der Waals surface area contributed by atoms with Crippen molar-refractivity contribution in [2.24, 2.45) is 0 Å². The number of nitriles is 1. The highest BCUT2D eigenvalue weighted by molar-refractivity contribution is 5.55. The molecule has 1 fully saturated rings. The second-order valence-electron chi connectivity index (χ2n) is 5.02. The minimum Gasteiger partial charge on any atom is -0.504 e. The van der Waals surface area contributed by atoms with Crippen molar-refractivity contribution in [3.05, 3.63) is 35.9 Å². The summed E-state index contributed by atoms with van der Waals surface area (Å²) in [7, 11) is 1.51. The van der Waals surface area contributed by atoms with E-state index in [1.807, 2.05) is 6.08 Å². The first-order valence-corrected chi connectivity index (χ1v) is 7.08. The molecule has 0 unspecified atom stereocenters. The van der Waals surface area contributed by atoms with Crippen molar-refractivity contribution in [1.29, 1.82) is 5.26 Å². The van der Waals surface area contributed by atoms with Gasteiger partial charge in [0, 0.05) is 37.8 Å². The van der Waals surface area contributed by atoms with Crippen LogP contribution in [0.25, 0.3) is 0 Å². The van der Waals surface area contributed by atoms with Crippen molar-refractivity contribution >= 4 is 0 Å². The van der Waals surface area contributed by atoms with E-state index in [2.05, 4.69) is 22.9 Å². The maximum atomic E-state index is 10.5. The Labute approximate surface area is 125 Å². The fraction of sp³-hybridized carbons (Fsp3) is 0.438. The third-order valence-corrected chi connectivity index (χ3v) is 3.84. The molecule has 112 valence electrons. The highest BCUT2D eigenvalue weighted by Gasteiger charge is 2.27. The molecule has 0 saturated carbocycles. The van der Waals surface area contributed by atoms with E-state index in [-0.39, 0.29) is 11.8 Å².